The molecule has 0 radical (unpaired) electrons. The minimum absolute atomic E-state index is 0.533. The first-order valence-electron chi connectivity index (χ1n) is 6.68. The molecule has 1 unspecified atom stereocenters. The highest BCUT2D eigenvalue weighted by Crippen LogP contribution is 2.28. The van der Waals surface area contributed by atoms with Crippen LogP contribution in [0.3, 0.4) is 0 Å². The summed E-state index contributed by atoms with van der Waals surface area (Å²) in [5.41, 5.74) is 1.81. The van der Waals surface area contributed by atoms with Crippen LogP contribution >= 0.6 is 15.9 Å². The number of aliphatic hydroxyl groups excluding tert-OH is 1. The average molecular weight is 339 g/mol. The van der Waals surface area contributed by atoms with Crippen LogP contribution in [0.25, 0.3) is 0 Å². The first-order chi connectivity index (χ1) is 9.65. The maximum atomic E-state index is 10.5. The first kappa shape index (κ1) is 15.1. The smallest absolute Gasteiger partial charge is 0.162 e. The van der Waals surface area contributed by atoms with E-state index < -0.39 is 6.10 Å². The second-order valence-electron chi connectivity index (χ2n) is 4.67. The van der Waals surface area contributed by atoms with Crippen molar-refractivity contribution < 1.29 is 9.84 Å². The second-order valence-corrected chi connectivity index (χ2v) is 5.59. The predicted octanol–water partition coefficient (Wildman–Crippen LogP) is 3.34. The van der Waals surface area contributed by atoms with Gasteiger partial charge in [-0.2, -0.15) is 5.10 Å². The Morgan fingerprint density at radius 1 is 1.45 bits per heavy atom. The van der Waals surface area contributed by atoms with E-state index >= 15 is 0 Å². The van der Waals surface area contributed by atoms with Crippen molar-refractivity contribution in [2.75, 3.05) is 7.11 Å². The van der Waals surface area contributed by atoms with E-state index in [-0.39, 0.29) is 0 Å². The molecule has 1 aromatic heterocycles. The highest BCUT2D eigenvalue weighted by atomic mass is 79.9. The molecule has 2 rings (SSSR count). The van der Waals surface area contributed by atoms with Crippen molar-refractivity contribution in [3.05, 3.63) is 46.2 Å². The monoisotopic (exact) mass is 338 g/mol. The predicted molar refractivity (Wildman–Crippen MR) is 81.9 cm³/mol. The summed E-state index contributed by atoms with van der Waals surface area (Å²) in [4.78, 5) is 0. The van der Waals surface area contributed by atoms with Crippen LogP contribution in [-0.2, 0) is 13.0 Å². The van der Waals surface area contributed by atoms with Gasteiger partial charge in [0.05, 0.1) is 13.3 Å². The summed E-state index contributed by atoms with van der Waals surface area (Å²) >= 11 is 3.44. The average Bonchev–Trinajstić information content (AvgIpc) is 2.82. The van der Waals surface area contributed by atoms with E-state index in [4.69, 9.17) is 4.74 Å². The molecule has 0 aliphatic carbocycles. The normalized spacial score (nSPS) is 12.4. The maximum absolute atomic E-state index is 10.5. The number of aromatic nitrogens is 2. The summed E-state index contributed by atoms with van der Waals surface area (Å²) < 4.78 is 8.13. The molecule has 0 fully saturated rings. The number of benzene rings is 1. The second kappa shape index (κ2) is 6.90. The van der Waals surface area contributed by atoms with Gasteiger partial charge in [0, 0.05) is 17.4 Å². The van der Waals surface area contributed by atoms with Crippen LogP contribution in [0.2, 0.25) is 0 Å². The van der Waals surface area contributed by atoms with Crippen molar-refractivity contribution >= 4 is 15.9 Å². The maximum Gasteiger partial charge on any atom is 0.162 e. The summed E-state index contributed by atoms with van der Waals surface area (Å²) in [6.07, 6.45) is 2.52. The molecule has 0 saturated heterocycles. The standard InChI is InChI=1S/C15H19BrN2O2/c1-3-7-18-15(14(20-2)10-17-18)13(19)9-11-5-4-6-12(16)8-11/h4-6,8,10,13,19H,3,7,9H2,1-2H3. The molecule has 1 atom stereocenters. The molecule has 1 N–H and O–H groups in total. The molecule has 20 heavy (non-hydrogen) atoms. The highest BCUT2D eigenvalue weighted by molar-refractivity contribution is 9.10. The molecule has 2 aromatic rings. The Morgan fingerprint density at radius 2 is 2.25 bits per heavy atom. The van der Waals surface area contributed by atoms with Crippen LogP contribution < -0.4 is 4.74 Å². The lowest BCUT2D eigenvalue weighted by molar-refractivity contribution is 0.162. The number of nitrogens with zero attached hydrogens (tertiary/aromatic N) is 2. The van der Waals surface area contributed by atoms with Crippen LogP contribution in [0, 0.1) is 0 Å². The topological polar surface area (TPSA) is 47.3 Å². The van der Waals surface area contributed by atoms with E-state index in [1.54, 1.807) is 13.3 Å². The van der Waals surface area contributed by atoms with Crippen LogP contribution in [-0.4, -0.2) is 22.0 Å². The highest BCUT2D eigenvalue weighted by Gasteiger charge is 2.20. The molecule has 0 saturated carbocycles. The largest absolute Gasteiger partial charge is 0.493 e. The molecule has 4 nitrogen and oxygen atoms in total. The van der Waals surface area contributed by atoms with Gasteiger partial charge in [-0.05, 0) is 24.1 Å². The minimum Gasteiger partial charge on any atom is -0.493 e. The Balaban J connectivity index is 2.23. The van der Waals surface area contributed by atoms with Gasteiger partial charge in [-0.25, -0.2) is 0 Å². The Bertz CT molecular complexity index is 569. The molecule has 108 valence electrons. The zero-order valence-corrected chi connectivity index (χ0v) is 13.3. The molecule has 0 aliphatic rings. The lowest BCUT2D eigenvalue weighted by atomic mass is 10.1. The number of ether oxygens (including phenoxy) is 1. The van der Waals surface area contributed by atoms with Crippen LogP contribution in [0.5, 0.6) is 5.75 Å². The number of hydrogen-bond donors (Lipinski definition) is 1. The van der Waals surface area contributed by atoms with E-state index in [1.807, 2.05) is 28.9 Å². The van der Waals surface area contributed by atoms with E-state index in [2.05, 4.69) is 28.0 Å². The summed E-state index contributed by atoms with van der Waals surface area (Å²) in [7, 11) is 1.60. The van der Waals surface area contributed by atoms with E-state index in [0.29, 0.717) is 12.2 Å². The van der Waals surface area contributed by atoms with Gasteiger partial charge in [-0.3, -0.25) is 4.68 Å². The van der Waals surface area contributed by atoms with Gasteiger partial charge in [0.1, 0.15) is 11.8 Å². The minimum atomic E-state index is -0.631. The van der Waals surface area contributed by atoms with Crippen LogP contribution in [0.1, 0.15) is 30.7 Å². The lowest BCUT2D eigenvalue weighted by Gasteiger charge is -2.15. The van der Waals surface area contributed by atoms with Crippen LogP contribution in [0.15, 0.2) is 34.9 Å². The van der Waals surface area contributed by atoms with E-state index in [9.17, 15) is 5.11 Å². The van der Waals surface area contributed by atoms with Crippen molar-refractivity contribution in [1.29, 1.82) is 0 Å². The third kappa shape index (κ3) is 3.41. The van der Waals surface area contributed by atoms with Crippen molar-refractivity contribution in [3.63, 3.8) is 0 Å². The van der Waals surface area contributed by atoms with Gasteiger partial charge in [-0.15, -0.1) is 0 Å². The summed E-state index contributed by atoms with van der Waals surface area (Å²) in [6, 6.07) is 7.95. The van der Waals surface area contributed by atoms with Crippen LogP contribution in [0.4, 0.5) is 0 Å². The Morgan fingerprint density at radius 3 is 2.90 bits per heavy atom. The Hall–Kier alpha value is -1.33. The Kier molecular flexibility index (Phi) is 5.20. The third-order valence-corrected chi connectivity index (χ3v) is 3.63. The zero-order chi connectivity index (χ0) is 14.5. The number of hydrogen-bond acceptors (Lipinski definition) is 3. The van der Waals surface area contributed by atoms with Gasteiger partial charge >= 0.3 is 0 Å². The van der Waals surface area contributed by atoms with Crippen molar-refractivity contribution in [2.24, 2.45) is 0 Å². The number of halogens is 1. The molecular formula is C15H19BrN2O2. The number of rotatable bonds is 6. The fourth-order valence-electron chi connectivity index (χ4n) is 2.25. The van der Waals surface area contributed by atoms with Gasteiger partial charge in [0.15, 0.2) is 5.75 Å². The molecule has 1 aromatic carbocycles. The first-order valence-corrected chi connectivity index (χ1v) is 7.47. The molecule has 0 aliphatic heterocycles. The molecular weight excluding hydrogens is 320 g/mol. The van der Waals surface area contributed by atoms with E-state index in [0.717, 1.165) is 28.7 Å². The molecule has 5 heteroatoms. The summed E-state index contributed by atoms with van der Waals surface area (Å²) in [5.74, 6) is 0.640. The fourth-order valence-corrected chi connectivity index (χ4v) is 2.69. The molecule has 0 bridgehead atoms. The SMILES string of the molecule is CCCn1ncc(OC)c1C(O)Cc1cccc(Br)c1. The van der Waals surface area contributed by atoms with Crippen molar-refractivity contribution in [1.82, 2.24) is 9.78 Å². The third-order valence-electron chi connectivity index (χ3n) is 3.13. The molecule has 1 heterocycles. The fraction of sp³-hybridized carbons (Fsp3) is 0.400. The summed E-state index contributed by atoms with van der Waals surface area (Å²) in [5, 5.41) is 14.8. The van der Waals surface area contributed by atoms with E-state index in [1.165, 1.54) is 0 Å². The molecule has 0 amide bonds. The van der Waals surface area contributed by atoms with Gasteiger partial charge in [0.2, 0.25) is 0 Å². The number of aliphatic hydroxyl groups is 1. The zero-order valence-electron chi connectivity index (χ0n) is 11.7. The summed E-state index contributed by atoms with van der Waals surface area (Å²) in [6.45, 7) is 2.85. The quantitative estimate of drug-likeness (QED) is 0.878. The Labute approximate surface area is 127 Å². The van der Waals surface area contributed by atoms with Gasteiger partial charge in [-0.1, -0.05) is 35.0 Å². The van der Waals surface area contributed by atoms with Crippen molar-refractivity contribution in [2.45, 2.75) is 32.4 Å². The number of aryl methyl sites for hydroxylation is 1. The van der Waals surface area contributed by atoms with Gasteiger partial charge < -0.3 is 9.84 Å². The van der Waals surface area contributed by atoms with Crippen molar-refractivity contribution in [3.8, 4) is 5.75 Å². The molecule has 0 spiro atoms. The van der Waals surface area contributed by atoms with Gasteiger partial charge in [0.25, 0.3) is 0 Å². The lowest BCUT2D eigenvalue weighted by Crippen LogP contribution is -2.12. The number of methoxy groups -OCH3 is 1.